The summed E-state index contributed by atoms with van der Waals surface area (Å²) in [7, 11) is 0. The molecule has 0 saturated carbocycles. The van der Waals surface area contributed by atoms with Gasteiger partial charge in [-0.1, -0.05) is 42.5 Å². The van der Waals surface area contributed by atoms with Crippen molar-refractivity contribution < 1.29 is 31.1 Å². The van der Waals surface area contributed by atoms with Gasteiger partial charge in [-0.3, -0.25) is 4.79 Å². The second-order valence-electron chi connectivity index (χ2n) is 4.46. The average Bonchev–Trinajstić information content (AvgIpc) is 2.46. The molecule has 0 aliphatic heterocycles. The van der Waals surface area contributed by atoms with Crippen LogP contribution in [0.4, 0.5) is 26.3 Å². The molecule has 1 nitrogen and oxygen atoms in total. The summed E-state index contributed by atoms with van der Waals surface area (Å²) in [5.41, 5.74) is -0.645. The van der Waals surface area contributed by atoms with Crippen molar-refractivity contribution in [1.29, 1.82) is 0 Å². The van der Waals surface area contributed by atoms with Crippen molar-refractivity contribution in [3.63, 3.8) is 0 Å². The summed E-state index contributed by atoms with van der Waals surface area (Å²) in [6.07, 6.45) is -6.03. The van der Waals surface area contributed by atoms with Crippen LogP contribution in [-0.4, -0.2) is 17.9 Å². The van der Waals surface area contributed by atoms with Crippen LogP contribution in [0, 0.1) is 5.82 Å². The molecule has 2 aromatic rings. The number of hydrogen-bond acceptors (Lipinski definition) is 1. The summed E-state index contributed by atoms with van der Waals surface area (Å²) < 4.78 is 76.3. The minimum atomic E-state index is -6.03. The van der Waals surface area contributed by atoms with Gasteiger partial charge in [0, 0.05) is 11.1 Å². The number of rotatable bonds is 3. The molecule has 0 spiro atoms. The zero-order valence-electron chi connectivity index (χ0n) is 10.8. The Morgan fingerprint density at radius 2 is 1.45 bits per heavy atom. The second kappa shape index (κ2) is 5.47. The van der Waals surface area contributed by atoms with Crippen molar-refractivity contribution in [1.82, 2.24) is 0 Å². The number of ketones is 1. The van der Waals surface area contributed by atoms with Gasteiger partial charge in [-0.05, 0) is 11.6 Å². The van der Waals surface area contributed by atoms with Crippen molar-refractivity contribution in [3.05, 3.63) is 59.9 Å². The van der Waals surface area contributed by atoms with Crippen molar-refractivity contribution in [2.24, 2.45) is 0 Å². The molecule has 2 rings (SSSR count). The Morgan fingerprint density at radius 3 is 1.95 bits per heavy atom. The van der Waals surface area contributed by atoms with Gasteiger partial charge in [0.25, 0.3) is 0 Å². The number of Topliss-reactive ketones (excluding diaryl/α,β-unsaturated/α-hetero) is 1. The lowest BCUT2D eigenvalue weighted by atomic mass is 9.99. The maximum Gasteiger partial charge on any atom is 0.461 e. The fourth-order valence-electron chi connectivity index (χ4n) is 1.82. The fraction of sp³-hybridized carbons (Fsp3) is 0.133. The van der Waals surface area contributed by atoms with Crippen molar-refractivity contribution in [2.45, 2.75) is 12.1 Å². The van der Waals surface area contributed by atoms with E-state index in [1.807, 2.05) is 0 Å². The van der Waals surface area contributed by atoms with Crippen molar-refractivity contribution in [2.75, 3.05) is 0 Å². The average molecular weight is 318 g/mol. The highest BCUT2D eigenvalue weighted by Gasteiger charge is 2.63. The summed E-state index contributed by atoms with van der Waals surface area (Å²) in [5, 5.41) is 0. The van der Waals surface area contributed by atoms with E-state index in [2.05, 4.69) is 0 Å². The molecule has 0 bridgehead atoms. The van der Waals surface area contributed by atoms with Gasteiger partial charge >= 0.3 is 12.1 Å². The minimum Gasteiger partial charge on any atom is -0.287 e. The third-order valence-corrected chi connectivity index (χ3v) is 2.96. The molecule has 2 aromatic carbocycles. The molecule has 116 valence electrons. The lowest BCUT2D eigenvalue weighted by Gasteiger charge is -2.18. The van der Waals surface area contributed by atoms with Crippen LogP contribution in [0.5, 0.6) is 0 Å². The molecule has 0 fully saturated rings. The molecule has 0 aliphatic carbocycles. The summed E-state index contributed by atoms with van der Waals surface area (Å²) in [6, 6.07) is 10.1. The van der Waals surface area contributed by atoms with E-state index >= 15 is 0 Å². The largest absolute Gasteiger partial charge is 0.461 e. The standard InChI is InChI=1S/C15H8F6O/c16-12-8-10(13(22)14(17,18)15(19,20)21)6-7-11(12)9-4-2-1-3-5-9/h1-8H. The van der Waals surface area contributed by atoms with Gasteiger partial charge in [-0.25, -0.2) is 4.39 Å². The Bertz CT molecular complexity index is 691. The molecule has 0 heterocycles. The Balaban J connectivity index is 2.41. The SMILES string of the molecule is O=C(c1ccc(-c2ccccc2)c(F)c1)C(F)(F)C(F)(F)F. The first-order valence-corrected chi connectivity index (χ1v) is 5.99. The highest BCUT2D eigenvalue weighted by atomic mass is 19.4. The van der Waals surface area contributed by atoms with E-state index in [-0.39, 0.29) is 5.56 Å². The van der Waals surface area contributed by atoms with Crippen LogP contribution in [-0.2, 0) is 0 Å². The van der Waals surface area contributed by atoms with Crippen LogP contribution < -0.4 is 0 Å². The number of carbonyl (C=O) groups is 1. The third kappa shape index (κ3) is 2.84. The van der Waals surface area contributed by atoms with Crippen LogP contribution in [0.25, 0.3) is 11.1 Å². The normalized spacial score (nSPS) is 12.3. The Kier molecular flexibility index (Phi) is 4.00. The van der Waals surface area contributed by atoms with Gasteiger partial charge in [0.15, 0.2) is 0 Å². The van der Waals surface area contributed by atoms with E-state index in [1.54, 1.807) is 18.2 Å². The number of halogens is 6. The maximum absolute atomic E-state index is 13.9. The lowest BCUT2D eigenvalue weighted by Crippen LogP contribution is -2.44. The zero-order chi connectivity index (χ0) is 16.5. The number of hydrogen-bond donors (Lipinski definition) is 0. The first-order chi connectivity index (χ1) is 10.1. The summed E-state index contributed by atoms with van der Waals surface area (Å²) >= 11 is 0. The van der Waals surface area contributed by atoms with E-state index < -0.39 is 29.3 Å². The highest BCUT2D eigenvalue weighted by molar-refractivity contribution is 6.02. The molecule has 0 amide bonds. The van der Waals surface area contributed by atoms with Crippen LogP contribution >= 0.6 is 0 Å². The molecule has 0 N–H and O–H groups in total. The van der Waals surface area contributed by atoms with E-state index in [0.717, 1.165) is 12.1 Å². The monoisotopic (exact) mass is 318 g/mol. The molecule has 7 heteroatoms. The molecule has 0 unspecified atom stereocenters. The number of benzene rings is 2. The number of carbonyl (C=O) groups excluding carboxylic acids is 1. The predicted molar refractivity (Wildman–Crippen MR) is 67.2 cm³/mol. The van der Waals surface area contributed by atoms with Crippen molar-refractivity contribution >= 4 is 5.78 Å². The van der Waals surface area contributed by atoms with Crippen LogP contribution in [0.1, 0.15) is 10.4 Å². The molecule has 0 aliphatic rings. The molecule has 0 aromatic heterocycles. The first-order valence-electron chi connectivity index (χ1n) is 5.99. The summed E-state index contributed by atoms with van der Waals surface area (Å²) in [4.78, 5) is 11.3. The van der Waals surface area contributed by atoms with Gasteiger partial charge in [0.2, 0.25) is 5.78 Å². The first kappa shape index (κ1) is 16.1. The molecular weight excluding hydrogens is 310 g/mol. The lowest BCUT2D eigenvalue weighted by molar-refractivity contribution is -0.255. The maximum atomic E-state index is 13.9. The number of alkyl halides is 5. The van der Waals surface area contributed by atoms with E-state index in [9.17, 15) is 31.1 Å². The summed E-state index contributed by atoms with van der Waals surface area (Å²) in [5.74, 6) is -9.11. The topological polar surface area (TPSA) is 17.1 Å². The predicted octanol–water partition coefficient (Wildman–Crippen LogP) is 4.87. The Labute approximate surface area is 121 Å². The van der Waals surface area contributed by atoms with Crippen LogP contribution in [0.2, 0.25) is 0 Å². The molecule has 22 heavy (non-hydrogen) atoms. The fourth-order valence-corrected chi connectivity index (χ4v) is 1.82. The molecular formula is C15H8F6O. The van der Waals surface area contributed by atoms with Gasteiger partial charge < -0.3 is 0 Å². The quantitative estimate of drug-likeness (QED) is 0.583. The van der Waals surface area contributed by atoms with Gasteiger partial charge in [0.1, 0.15) is 5.82 Å². The summed E-state index contributed by atoms with van der Waals surface area (Å²) in [6.45, 7) is 0. The zero-order valence-corrected chi connectivity index (χ0v) is 10.8. The Morgan fingerprint density at radius 1 is 0.864 bits per heavy atom. The van der Waals surface area contributed by atoms with Gasteiger partial charge in [-0.2, -0.15) is 22.0 Å². The third-order valence-electron chi connectivity index (χ3n) is 2.96. The van der Waals surface area contributed by atoms with Crippen LogP contribution in [0.15, 0.2) is 48.5 Å². The second-order valence-corrected chi connectivity index (χ2v) is 4.46. The Hall–Kier alpha value is -2.31. The molecule has 0 radical (unpaired) electrons. The van der Waals surface area contributed by atoms with Gasteiger partial charge in [-0.15, -0.1) is 0 Å². The van der Waals surface area contributed by atoms with E-state index in [0.29, 0.717) is 11.6 Å². The molecule has 0 atom stereocenters. The minimum absolute atomic E-state index is 0.00697. The van der Waals surface area contributed by atoms with Crippen LogP contribution in [0.3, 0.4) is 0 Å². The van der Waals surface area contributed by atoms with Gasteiger partial charge in [0.05, 0.1) is 0 Å². The smallest absolute Gasteiger partial charge is 0.287 e. The highest BCUT2D eigenvalue weighted by Crippen LogP contribution is 2.38. The van der Waals surface area contributed by atoms with E-state index in [4.69, 9.17) is 0 Å². The van der Waals surface area contributed by atoms with E-state index in [1.165, 1.54) is 12.1 Å². The van der Waals surface area contributed by atoms with Crippen molar-refractivity contribution in [3.8, 4) is 11.1 Å². The molecule has 0 saturated heterocycles.